The molecule has 0 unspecified atom stereocenters. The lowest BCUT2D eigenvalue weighted by Gasteiger charge is -2.09. The first-order valence-corrected chi connectivity index (χ1v) is 7.87. The third-order valence-corrected chi connectivity index (χ3v) is 3.42. The zero-order chi connectivity index (χ0) is 17.4. The zero-order valence-electron chi connectivity index (χ0n) is 13.6. The van der Waals surface area contributed by atoms with Crippen LogP contribution in [0.1, 0.15) is 18.1 Å². The molecule has 2 rings (SSSR count). The number of nitrogens with zero attached hydrogens (tertiary/aromatic N) is 1. The number of rotatable bonds is 7. The molecule has 0 bridgehead atoms. The molecule has 1 N–H and O–H groups in total. The second kappa shape index (κ2) is 8.93. The SMILES string of the molecule is CCOc1cc(/C=N\NC(=O)Cc2ccc(Cl)cc2)ccc1OC. The van der Waals surface area contributed by atoms with Gasteiger partial charge in [0.2, 0.25) is 5.91 Å². The van der Waals surface area contributed by atoms with Gasteiger partial charge < -0.3 is 9.47 Å². The summed E-state index contributed by atoms with van der Waals surface area (Å²) >= 11 is 5.81. The maximum Gasteiger partial charge on any atom is 0.244 e. The van der Waals surface area contributed by atoms with Gasteiger partial charge in [-0.3, -0.25) is 4.79 Å². The number of carbonyl (C=O) groups excluding carboxylic acids is 1. The fraction of sp³-hybridized carbons (Fsp3) is 0.222. The van der Waals surface area contributed by atoms with E-state index in [9.17, 15) is 4.79 Å². The molecule has 0 radical (unpaired) electrons. The molecule has 2 aromatic rings. The van der Waals surface area contributed by atoms with Crippen LogP contribution >= 0.6 is 11.6 Å². The number of amides is 1. The van der Waals surface area contributed by atoms with Crippen LogP contribution in [0.4, 0.5) is 0 Å². The number of carbonyl (C=O) groups is 1. The predicted molar refractivity (Wildman–Crippen MR) is 95.1 cm³/mol. The van der Waals surface area contributed by atoms with E-state index in [1.807, 2.05) is 25.1 Å². The van der Waals surface area contributed by atoms with E-state index in [4.69, 9.17) is 21.1 Å². The lowest BCUT2D eigenvalue weighted by molar-refractivity contribution is -0.120. The molecule has 0 aliphatic carbocycles. The van der Waals surface area contributed by atoms with Gasteiger partial charge in [0, 0.05) is 5.02 Å². The molecule has 0 saturated heterocycles. The molecule has 0 aliphatic heterocycles. The second-order valence-corrected chi connectivity index (χ2v) is 5.38. The standard InChI is InChI=1S/C18H19ClN2O3/c1-3-24-17-10-14(6-9-16(17)23-2)12-20-21-18(22)11-13-4-7-15(19)8-5-13/h4-10,12H,3,11H2,1-2H3,(H,21,22)/b20-12-. The first-order valence-electron chi connectivity index (χ1n) is 7.49. The van der Waals surface area contributed by atoms with Crippen LogP contribution in [0.3, 0.4) is 0 Å². The predicted octanol–water partition coefficient (Wildman–Crippen LogP) is 3.44. The van der Waals surface area contributed by atoms with E-state index >= 15 is 0 Å². The lowest BCUT2D eigenvalue weighted by Crippen LogP contribution is -2.19. The molecule has 0 aromatic heterocycles. The van der Waals surface area contributed by atoms with Crippen LogP contribution in [-0.4, -0.2) is 25.8 Å². The van der Waals surface area contributed by atoms with E-state index in [-0.39, 0.29) is 12.3 Å². The van der Waals surface area contributed by atoms with Gasteiger partial charge in [-0.2, -0.15) is 5.10 Å². The minimum atomic E-state index is -0.202. The third-order valence-electron chi connectivity index (χ3n) is 3.17. The van der Waals surface area contributed by atoms with E-state index in [1.54, 1.807) is 37.6 Å². The smallest absolute Gasteiger partial charge is 0.244 e. The molecule has 5 nitrogen and oxygen atoms in total. The van der Waals surface area contributed by atoms with E-state index < -0.39 is 0 Å². The molecule has 0 saturated carbocycles. The molecular weight excluding hydrogens is 328 g/mol. The summed E-state index contributed by atoms with van der Waals surface area (Å²) in [4.78, 5) is 11.9. The highest BCUT2D eigenvalue weighted by atomic mass is 35.5. The summed E-state index contributed by atoms with van der Waals surface area (Å²) in [7, 11) is 1.59. The maximum absolute atomic E-state index is 11.9. The highest BCUT2D eigenvalue weighted by molar-refractivity contribution is 6.30. The number of methoxy groups -OCH3 is 1. The molecule has 126 valence electrons. The van der Waals surface area contributed by atoms with Gasteiger partial charge in [-0.25, -0.2) is 5.43 Å². The molecule has 0 spiro atoms. The average molecular weight is 347 g/mol. The molecule has 0 heterocycles. The molecule has 0 fully saturated rings. The van der Waals surface area contributed by atoms with Crippen molar-refractivity contribution in [1.29, 1.82) is 0 Å². The van der Waals surface area contributed by atoms with Gasteiger partial charge in [-0.05, 0) is 48.4 Å². The van der Waals surface area contributed by atoms with Crippen LogP contribution < -0.4 is 14.9 Å². The Morgan fingerprint density at radius 1 is 1.21 bits per heavy atom. The number of halogens is 1. The summed E-state index contributed by atoms with van der Waals surface area (Å²) in [5.41, 5.74) is 4.17. The first-order chi connectivity index (χ1) is 11.6. The number of ether oxygens (including phenoxy) is 2. The van der Waals surface area contributed by atoms with Crippen LogP contribution in [0.15, 0.2) is 47.6 Å². The number of benzene rings is 2. The largest absolute Gasteiger partial charge is 0.493 e. The zero-order valence-corrected chi connectivity index (χ0v) is 14.3. The average Bonchev–Trinajstić information content (AvgIpc) is 2.57. The normalized spacial score (nSPS) is 10.6. The van der Waals surface area contributed by atoms with Crippen LogP contribution in [0, 0.1) is 0 Å². The van der Waals surface area contributed by atoms with Gasteiger partial charge in [-0.15, -0.1) is 0 Å². The maximum atomic E-state index is 11.9. The van der Waals surface area contributed by atoms with E-state index in [2.05, 4.69) is 10.5 Å². The minimum absolute atomic E-state index is 0.202. The molecular formula is C18H19ClN2O3. The van der Waals surface area contributed by atoms with Gasteiger partial charge >= 0.3 is 0 Å². The van der Waals surface area contributed by atoms with Gasteiger partial charge in [-0.1, -0.05) is 23.7 Å². The number of hydrazone groups is 1. The van der Waals surface area contributed by atoms with Gasteiger partial charge in [0.15, 0.2) is 11.5 Å². The Balaban J connectivity index is 1.94. The quantitative estimate of drug-likeness (QED) is 0.617. The van der Waals surface area contributed by atoms with Crippen molar-refractivity contribution in [3.8, 4) is 11.5 Å². The van der Waals surface area contributed by atoms with Crippen molar-refractivity contribution in [3.05, 3.63) is 58.6 Å². The Morgan fingerprint density at radius 3 is 2.62 bits per heavy atom. The van der Waals surface area contributed by atoms with E-state index in [1.165, 1.54) is 0 Å². The molecule has 24 heavy (non-hydrogen) atoms. The molecule has 0 aliphatic rings. The first kappa shape index (κ1) is 17.8. The Hall–Kier alpha value is -2.53. The Bertz CT molecular complexity index is 715. The van der Waals surface area contributed by atoms with Crippen molar-refractivity contribution in [2.45, 2.75) is 13.3 Å². The fourth-order valence-electron chi connectivity index (χ4n) is 2.05. The van der Waals surface area contributed by atoms with E-state index in [0.29, 0.717) is 23.1 Å². The molecule has 1 amide bonds. The topological polar surface area (TPSA) is 59.9 Å². The van der Waals surface area contributed by atoms with Crippen molar-refractivity contribution < 1.29 is 14.3 Å². The lowest BCUT2D eigenvalue weighted by atomic mass is 10.1. The number of nitrogens with one attached hydrogen (secondary N) is 1. The second-order valence-electron chi connectivity index (χ2n) is 4.94. The van der Waals surface area contributed by atoms with Crippen molar-refractivity contribution in [1.82, 2.24) is 5.43 Å². The summed E-state index contributed by atoms with van der Waals surface area (Å²) in [6.45, 7) is 2.44. The summed E-state index contributed by atoms with van der Waals surface area (Å²) in [6, 6.07) is 12.5. The van der Waals surface area contributed by atoms with Crippen LogP contribution in [-0.2, 0) is 11.2 Å². The highest BCUT2D eigenvalue weighted by Crippen LogP contribution is 2.27. The van der Waals surface area contributed by atoms with Crippen LogP contribution in [0.25, 0.3) is 0 Å². The molecule has 2 aromatic carbocycles. The van der Waals surface area contributed by atoms with E-state index in [0.717, 1.165) is 11.1 Å². The number of hydrogen-bond donors (Lipinski definition) is 1. The summed E-state index contributed by atoms with van der Waals surface area (Å²) in [6.07, 6.45) is 1.79. The third kappa shape index (κ3) is 5.28. The monoisotopic (exact) mass is 346 g/mol. The minimum Gasteiger partial charge on any atom is -0.493 e. The van der Waals surface area contributed by atoms with Crippen molar-refractivity contribution in [3.63, 3.8) is 0 Å². The van der Waals surface area contributed by atoms with Crippen molar-refractivity contribution >= 4 is 23.7 Å². The van der Waals surface area contributed by atoms with Crippen molar-refractivity contribution in [2.24, 2.45) is 5.10 Å². The summed E-state index contributed by atoms with van der Waals surface area (Å²) in [5, 5.41) is 4.61. The van der Waals surface area contributed by atoms with Crippen molar-refractivity contribution in [2.75, 3.05) is 13.7 Å². The highest BCUT2D eigenvalue weighted by Gasteiger charge is 2.05. The summed E-state index contributed by atoms with van der Waals surface area (Å²) in [5.74, 6) is 1.09. The fourth-order valence-corrected chi connectivity index (χ4v) is 2.17. The van der Waals surface area contributed by atoms with Gasteiger partial charge in [0.1, 0.15) is 0 Å². The molecule has 0 atom stereocenters. The van der Waals surface area contributed by atoms with Crippen LogP contribution in [0.2, 0.25) is 5.02 Å². The Morgan fingerprint density at radius 2 is 1.96 bits per heavy atom. The van der Waals surface area contributed by atoms with Gasteiger partial charge in [0.05, 0.1) is 26.4 Å². The van der Waals surface area contributed by atoms with Crippen LogP contribution in [0.5, 0.6) is 11.5 Å². The Kier molecular flexibility index (Phi) is 6.63. The number of hydrogen-bond acceptors (Lipinski definition) is 4. The Labute approximate surface area is 146 Å². The molecule has 6 heteroatoms. The van der Waals surface area contributed by atoms with Gasteiger partial charge in [0.25, 0.3) is 0 Å². The summed E-state index contributed by atoms with van der Waals surface area (Å²) < 4.78 is 10.7.